The highest BCUT2D eigenvalue weighted by molar-refractivity contribution is 6.33. The lowest BCUT2D eigenvalue weighted by atomic mass is 9.96. The predicted octanol–water partition coefficient (Wildman–Crippen LogP) is 3.77. The summed E-state index contributed by atoms with van der Waals surface area (Å²) in [6.45, 7) is 3.27. The van der Waals surface area contributed by atoms with E-state index in [0.717, 1.165) is 30.6 Å². The van der Waals surface area contributed by atoms with Gasteiger partial charge in [-0.3, -0.25) is 4.79 Å². The summed E-state index contributed by atoms with van der Waals surface area (Å²) in [5, 5.41) is 12.8. The van der Waals surface area contributed by atoms with Crippen molar-refractivity contribution in [3.05, 3.63) is 52.7 Å². The molecule has 0 bridgehead atoms. The van der Waals surface area contributed by atoms with E-state index in [0.29, 0.717) is 22.9 Å². The van der Waals surface area contributed by atoms with Gasteiger partial charge in [-0.25, -0.2) is 4.98 Å². The van der Waals surface area contributed by atoms with Crippen molar-refractivity contribution in [1.82, 2.24) is 4.98 Å². The van der Waals surface area contributed by atoms with Crippen LogP contribution in [0, 0.1) is 24.2 Å². The minimum Gasteiger partial charge on any atom is -0.368 e. The molecule has 1 amide bonds. The van der Waals surface area contributed by atoms with Crippen LogP contribution in [-0.4, -0.2) is 24.0 Å². The lowest BCUT2D eigenvalue weighted by Gasteiger charge is -2.34. The van der Waals surface area contributed by atoms with Gasteiger partial charge < -0.3 is 10.2 Å². The Kier molecular flexibility index (Phi) is 5.20. The van der Waals surface area contributed by atoms with E-state index in [-0.39, 0.29) is 11.8 Å². The van der Waals surface area contributed by atoms with Gasteiger partial charge in [-0.05, 0) is 43.5 Å². The number of aryl methyl sites for hydroxylation is 1. The van der Waals surface area contributed by atoms with Crippen molar-refractivity contribution >= 4 is 29.0 Å². The normalized spacial score (nSPS) is 17.0. The number of halogens is 1. The smallest absolute Gasteiger partial charge is 0.230 e. The molecular formula is C19H19ClN4O. The zero-order valence-corrected chi connectivity index (χ0v) is 14.8. The number of hydrogen-bond acceptors (Lipinski definition) is 4. The number of aromatic nitrogens is 1. The fourth-order valence-electron chi connectivity index (χ4n) is 3.09. The summed E-state index contributed by atoms with van der Waals surface area (Å²) < 4.78 is 0. The maximum atomic E-state index is 12.6. The second kappa shape index (κ2) is 7.54. The first kappa shape index (κ1) is 17.2. The van der Waals surface area contributed by atoms with E-state index in [2.05, 4.69) is 16.4 Å². The number of hydrogen-bond donors (Lipinski definition) is 1. The van der Waals surface area contributed by atoms with E-state index < -0.39 is 0 Å². The van der Waals surface area contributed by atoms with Crippen molar-refractivity contribution in [2.45, 2.75) is 19.8 Å². The van der Waals surface area contributed by atoms with Gasteiger partial charge >= 0.3 is 0 Å². The second-order valence-electron chi connectivity index (χ2n) is 6.24. The van der Waals surface area contributed by atoms with Gasteiger partial charge in [0.15, 0.2) is 0 Å². The third kappa shape index (κ3) is 3.92. The van der Waals surface area contributed by atoms with Crippen molar-refractivity contribution in [1.29, 1.82) is 5.26 Å². The number of pyridine rings is 1. The number of para-hydroxylation sites is 1. The van der Waals surface area contributed by atoms with E-state index in [9.17, 15) is 10.1 Å². The standard InChI is InChI=1S/C19H19ClN4O/c1-13-7-8-17(22-11-13)23-19(25)15-5-3-9-24(12-15)18-14(10-21)4-2-6-16(18)20/h2,4,6-8,11,15H,3,5,9,12H2,1H3,(H,22,23,25). The molecule has 1 fully saturated rings. The number of amides is 1. The molecule has 0 spiro atoms. The number of piperidine rings is 1. The first-order valence-corrected chi connectivity index (χ1v) is 8.63. The Labute approximate surface area is 152 Å². The molecule has 0 saturated carbocycles. The Bertz CT molecular complexity index is 813. The van der Waals surface area contributed by atoms with Crippen LogP contribution in [0.25, 0.3) is 0 Å². The average Bonchev–Trinajstić information content (AvgIpc) is 2.63. The molecule has 2 heterocycles. The molecule has 3 rings (SSSR count). The highest BCUT2D eigenvalue weighted by atomic mass is 35.5. The van der Waals surface area contributed by atoms with E-state index >= 15 is 0 Å². The molecule has 1 aromatic carbocycles. The molecule has 1 aliphatic heterocycles. The molecule has 1 aliphatic rings. The molecule has 2 aromatic rings. The molecule has 25 heavy (non-hydrogen) atoms. The highest BCUT2D eigenvalue weighted by Crippen LogP contribution is 2.33. The monoisotopic (exact) mass is 354 g/mol. The van der Waals surface area contributed by atoms with Gasteiger partial charge in [0.1, 0.15) is 11.9 Å². The topological polar surface area (TPSA) is 69.0 Å². The molecule has 0 aliphatic carbocycles. The molecule has 5 nitrogen and oxygen atoms in total. The Morgan fingerprint density at radius 3 is 2.96 bits per heavy atom. The molecule has 6 heteroatoms. The second-order valence-corrected chi connectivity index (χ2v) is 6.65. The number of nitriles is 1. The lowest BCUT2D eigenvalue weighted by molar-refractivity contribution is -0.120. The molecule has 1 aromatic heterocycles. The molecule has 1 saturated heterocycles. The quantitative estimate of drug-likeness (QED) is 0.910. The largest absolute Gasteiger partial charge is 0.368 e. The minimum absolute atomic E-state index is 0.0494. The van der Waals surface area contributed by atoms with Gasteiger partial charge in [-0.1, -0.05) is 23.7 Å². The number of anilines is 2. The maximum Gasteiger partial charge on any atom is 0.230 e. The van der Waals surface area contributed by atoms with Gasteiger partial charge in [-0.2, -0.15) is 5.26 Å². The summed E-state index contributed by atoms with van der Waals surface area (Å²) in [5.74, 6) is 0.342. The minimum atomic E-state index is -0.167. The fraction of sp³-hybridized carbons (Fsp3) is 0.316. The van der Waals surface area contributed by atoms with Gasteiger partial charge in [-0.15, -0.1) is 0 Å². The van der Waals surface area contributed by atoms with E-state index in [1.54, 1.807) is 30.5 Å². The summed E-state index contributed by atoms with van der Waals surface area (Å²) in [6, 6.07) is 11.2. The molecular weight excluding hydrogens is 336 g/mol. The van der Waals surface area contributed by atoms with Crippen LogP contribution >= 0.6 is 11.6 Å². The van der Waals surface area contributed by atoms with Crippen LogP contribution in [0.4, 0.5) is 11.5 Å². The lowest BCUT2D eigenvalue weighted by Crippen LogP contribution is -2.41. The molecule has 1 atom stereocenters. The molecule has 1 N–H and O–H groups in total. The average molecular weight is 355 g/mol. The first-order chi connectivity index (χ1) is 12.1. The number of carbonyl (C=O) groups is 1. The first-order valence-electron chi connectivity index (χ1n) is 8.25. The van der Waals surface area contributed by atoms with Gasteiger partial charge in [0, 0.05) is 19.3 Å². The fourth-order valence-corrected chi connectivity index (χ4v) is 3.39. The van der Waals surface area contributed by atoms with Crippen LogP contribution < -0.4 is 10.2 Å². The summed E-state index contributed by atoms with van der Waals surface area (Å²) in [7, 11) is 0. The van der Waals surface area contributed by atoms with Crippen LogP contribution in [0.1, 0.15) is 24.0 Å². The highest BCUT2D eigenvalue weighted by Gasteiger charge is 2.28. The summed E-state index contributed by atoms with van der Waals surface area (Å²) in [6.07, 6.45) is 3.40. The van der Waals surface area contributed by atoms with Crippen molar-refractivity contribution in [3.63, 3.8) is 0 Å². The van der Waals surface area contributed by atoms with Crippen LogP contribution in [0.5, 0.6) is 0 Å². The van der Waals surface area contributed by atoms with E-state index in [1.165, 1.54) is 0 Å². The number of rotatable bonds is 3. The van der Waals surface area contributed by atoms with Crippen LogP contribution in [0.2, 0.25) is 5.02 Å². The van der Waals surface area contributed by atoms with Crippen LogP contribution in [0.3, 0.4) is 0 Å². The third-order valence-electron chi connectivity index (χ3n) is 4.38. The van der Waals surface area contributed by atoms with Crippen LogP contribution in [0.15, 0.2) is 36.5 Å². The Morgan fingerprint density at radius 1 is 1.40 bits per heavy atom. The van der Waals surface area contributed by atoms with Crippen molar-refractivity contribution < 1.29 is 4.79 Å². The third-order valence-corrected chi connectivity index (χ3v) is 4.68. The summed E-state index contributed by atoms with van der Waals surface area (Å²) >= 11 is 6.31. The van der Waals surface area contributed by atoms with Crippen molar-refractivity contribution in [2.75, 3.05) is 23.3 Å². The maximum absolute atomic E-state index is 12.6. The predicted molar refractivity (Wildman–Crippen MR) is 98.7 cm³/mol. The summed E-state index contributed by atoms with van der Waals surface area (Å²) in [5.41, 5.74) is 2.30. The number of nitrogens with one attached hydrogen (secondary N) is 1. The Morgan fingerprint density at radius 2 is 2.24 bits per heavy atom. The van der Waals surface area contributed by atoms with Crippen LogP contribution in [-0.2, 0) is 4.79 Å². The molecule has 128 valence electrons. The van der Waals surface area contributed by atoms with Crippen molar-refractivity contribution in [3.8, 4) is 6.07 Å². The Hall–Kier alpha value is -2.58. The molecule has 0 radical (unpaired) electrons. The SMILES string of the molecule is Cc1ccc(NC(=O)C2CCCN(c3c(Cl)cccc3C#N)C2)nc1. The van der Waals surface area contributed by atoms with Gasteiger partial charge in [0.2, 0.25) is 5.91 Å². The number of nitrogens with zero attached hydrogens (tertiary/aromatic N) is 3. The Balaban J connectivity index is 1.74. The number of carbonyl (C=O) groups excluding carboxylic acids is 1. The number of benzene rings is 1. The van der Waals surface area contributed by atoms with E-state index in [4.69, 9.17) is 11.6 Å². The molecule has 1 unspecified atom stereocenters. The zero-order chi connectivity index (χ0) is 17.8. The summed E-state index contributed by atoms with van der Waals surface area (Å²) in [4.78, 5) is 18.9. The van der Waals surface area contributed by atoms with Gasteiger partial charge in [0.25, 0.3) is 0 Å². The zero-order valence-electron chi connectivity index (χ0n) is 14.0. The van der Waals surface area contributed by atoms with Gasteiger partial charge in [0.05, 0.1) is 22.2 Å². The van der Waals surface area contributed by atoms with E-state index in [1.807, 2.05) is 17.9 Å². The van der Waals surface area contributed by atoms with Crippen molar-refractivity contribution in [2.24, 2.45) is 5.92 Å².